The van der Waals surface area contributed by atoms with Crippen LogP contribution in [0.15, 0.2) is 36.4 Å². The number of amides is 1. The van der Waals surface area contributed by atoms with Crippen LogP contribution in [-0.2, 0) is 16.6 Å². The van der Waals surface area contributed by atoms with Crippen molar-refractivity contribution < 1.29 is 27.1 Å². The van der Waals surface area contributed by atoms with E-state index < -0.39 is 15.8 Å². The summed E-state index contributed by atoms with van der Waals surface area (Å²) in [6, 6.07) is 8.89. The molecule has 168 valence electrons. The van der Waals surface area contributed by atoms with Crippen molar-refractivity contribution in [2.45, 2.75) is 25.8 Å². The summed E-state index contributed by atoms with van der Waals surface area (Å²) < 4.78 is 51.6. The molecule has 9 heteroatoms. The smallest absolute Gasteiger partial charge is 0.256 e. The Hall–Kier alpha value is -2.81. The van der Waals surface area contributed by atoms with Crippen molar-refractivity contribution in [1.82, 2.24) is 4.90 Å². The van der Waals surface area contributed by atoms with Crippen LogP contribution in [0.2, 0.25) is 0 Å². The summed E-state index contributed by atoms with van der Waals surface area (Å²) in [5.41, 5.74) is 0.486. The lowest BCUT2D eigenvalue weighted by atomic mass is 10.1. The molecule has 0 atom stereocenters. The highest BCUT2D eigenvalue weighted by molar-refractivity contribution is 7.92. The Balaban J connectivity index is 2.16. The first kappa shape index (κ1) is 22.9. The van der Waals surface area contributed by atoms with E-state index >= 15 is 0 Å². The van der Waals surface area contributed by atoms with Crippen molar-refractivity contribution in [3.05, 3.63) is 53.3 Å². The molecule has 0 saturated carbocycles. The summed E-state index contributed by atoms with van der Waals surface area (Å²) >= 11 is 0. The second-order valence-corrected chi connectivity index (χ2v) is 9.35. The number of carbonyl (C=O) groups excluding carboxylic acids is 1. The molecule has 7 nitrogen and oxygen atoms in total. The molecule has 1 aliphatic rings. The molecule has 1 fully saturated rings. The van der Waals surface area contributed by atoms with Gasteiger partial charge in [0.2, 0.25) is 10.0 Å². The maximum absolute atomic E-state index is 14.3. The fourth-order valence-corrected chi connectivity index (χ4v) is 4.56. The Morgan fingerprint density at radius 3 is 2.26 bits per heavy atom. The molecule has 1 heterocycles. The summed E-state index contributed by atoms with van der Waals surface area (Å²) in [6.45, 7) is 0.929. The van der Waals surface area contributed by atoms with E-state index in [4.69, 9.17) is 9.47 Å². The maximum atomic E-state index is 14.3. The van der Waals surface area contributed by atoms with E-state index in [2.05, 4.69) is 0 Å². The number of hydrogen-bond acceptors (Lipinski definition) is 5. The predicted octanol–water partition coefficient (Wildman–Crippen LogP) is 3.44. The van der Waals surface area contributed by atoms with E-state index in [0.29, 0.717) is 18.8 Å². The molecule has 0 radical (unpaired) electrons. The second-order valence-electron chi connectivity index (χ2n) is 7.44. The monoisotopic (exact) mass is 450 g/mol. The number of hydrogen-bond donors (Lipinski definition) is 0. The molecule has 0 N–H and O–H groups in total. The van der Waals surface area contributed by atoms with Gasteiger partial charge >= 0.3 is 0 Å². The first-order chi connectivity index (χ1) is 14.8. The van der Waals surface area contributed by atoms with Gasteiger partial charge in [0.05, 0.1) is 38.3 Å². The van der Waals surface area contributed by atoms with E-state index in [1.807, 2.05) is 0 Å². The van der Waals surface area contributed by atoms with Crippen LogP contribution < -0.4 is 13.8 Å². The number of benzene rings is 2. The minimum absolute atomic E-state index is 0.124. The van der Waals surface area contributed by atoms with Crippen LogP contribution >= 0.6 is 0 Å². The largest absolute Gasteiger partial charge is 0.493 e. The van der Waals surface area contributed by atoms with Gasteiger partial charge in [0, 0.05) is 24.7 Å². The number of likely N-dealkylation sites (tertiary alicyclic amines) is 1. The van der Waals surface area contributed by atoms with Gasteiger partial charge in [0.15, 0.2) is 11.5 Å². The van der Waals surface area contributed by atoms with Crippen LogP contribution in [0, 0.1) is 5.82 Å². The van der Waals surface area contributed by atoms with Crippen LogP contribution in [0.4, 0.5) is 10.1 Å². The Morgan fingerprint density at radius 2 is 1.68 bits per heavy atom. The molecular formula is C22H27FN2O5S. The highest BCUT2D eigenvalue weighted by Gasteiger charge is 2.29. The number of methoxy groups -OCH3 is 2. The lowest BCUT2D eigenvalue weighted by Gasteiger charge is -2.30. The van der Waals surface area contributed by atoms with Crippen LogP contribution in [0.1, 0.15) is 35.2 Å². The topological polar surface area (TPSA) is 76.2 Å². The zero-order valence-electron chi connectivity index (χ0n) is 17.9. The number of carbonyl (C=O) groups is 1. The Morgan fingerprint density at radius 1 is 1.06 bits per heavy atom. The quantitative estimate of drug-likeness (QED) is 0.646. The second kappa shape index (κ2) is 9.55. The van der Waals surface area contributed by atoms with Crippen molar-refractivity contribution in [2.75, 3.05) is 37.9 Å². The number of ether oxygens (including phenoxy) is 2. The minimum Gasteiger partial charge on any atom is -0.493 e. The number of anilines is 1. The molecular weight excluding hydrogens is 423 g/mol. The summed E-state index contributed by atoms with van der Waals surface area (Å²) in [4.78, 5) is 15.1. The molecule has 31 heavy (non-hydrogen) atoms. The molecule has 3 rings (SSSR count). The Bertz CT molecular complexity index is 1050. The van der Waals surface area contributed by atoms with E-state index in [0.717, 1.165) is 29.8 Å². The predicted molar refractivity (Wildman–Crippen MR) is 117 cm³/mol. The molecule has 0 aromatic heterocycles. The van der Waals surface area contributed by atoms with Gasteiger partial charge in [-0.1, -0.05) is 18.2 Å². The van der Waals surface area contributed by atoms with Gasteiger partial charge in [-0.3, -0.25) is 9.10 Å². The molecule has 0 unspecified atom stereocenters. The molecule has 0 bridgehead atoms. The average molecular weight is 451 g/mol. The van der Waals surface area contributed by atoms with Gasteiger partial charge in [-0.25, -0.2) is 12.8 Å². The van der Waals surface area contributed by atoms with E-state index in [1.165, 1.54) is 44.6 Å². The zero-order chi connectivity index (χ0) is 22.6. The Kier molecular flexibility index (Phi) is 7.04. The van der Waals surface area contributed by atoms with Crippen LogP contribution in [0.25, 0.3) is 0 Å². The summed E-state index contributed by atoms with van der Waals surface area (Å²) in [5, 5.41) is 0. The number of nitrogens with zero attached hydrogens (tertiary/aromatic N) is 2. The standard InChI is InChI=1S/C22H27FN2O5S/c1-29-20-13-17(22(26)24-11-7-4-8-12-24)19(14-21(20)30-2)25(31(3,27)28)15-16-9-5-6-10-18(16)23/h5-6,9-10,13-14H,4,7-8,11-12,15H2,1-3H3. The van der Waals surface area contributed by atoms with Crippen LogP contribution in [0.3, 0.4) is 0 Å². The SMILES string of the molecule is COc1cc(C(=O)N2CCCCC2)c(N(Cc2ccccc2F)S(C)(=O)=O)cc1OC. The van der Waals surface area contributed by atoms with Gasteiger partial charge in [0.1, 0.15) is 5.82 Å². The third-order valence-electron chi connectivity index (χ3n) is 5.32. The average Bonchev–Trinajstić information content (AvgIpc) is 2.77. The van der Waals surface area contributed by atoms with Crippen molar-refractivity contribution in [3.63, 3.8) is 0 Å². The first-order valence-corrected chi connectivity index (χ1v) is 11.9. The summed E-state index contributed by atoms with van der Waals surface area (Å²) in [7, 11) is -0.994. The van der Waals surface area contributed by atoms with Crippen molar-refractivity contribution in [2.24, 2.45) is 0 Å². The molecule has 1 amide bonds. The molecule has 2 aromatic carbocycles. The van der Waals surface area contributed by atoms with Crippen molar-refractivity contribution >= 4 is 21.6 Å². The normalized spacial score (nSPS) is 14.3. The van der Waals surface area contributed by atoms with Crippen molar-refractivity contribution in [3.8, 4) is 11.5 Å². The third-order valence-corrected chi connectivity index (χ3v) is 6.44. The number of sulfonamides is 1. The van der Waals surface area contributed by atoms with Gasteiger partial charge in [-0.15, -0.1) is 0 Å². The fraction of sp³-hybridized carbons (Fsp3) is 0.409. The third kappa shape index (κ3) is 5.10. The number of halogens is 1. The maximum Gasteiger partial charge on any atom is 0.256 e. The summed E-state index contributed by atoms with van der Waals surface area (Å²) in [5.74, 6) is -0.237. The molecule has 2 aromatic rings. The van der Waals surface area contributed by atoms with Crippen molar-refractivity contribution in [1.29, 1.82) is 0 Å². The first-order valence-electron chi connectivity index (χ1n) is 10.0. The van der Waals surface area contributed by atoms with Crippen LogP contribution in [0.5, 0.6) is 11.5 Å². The molecule has 1 saturated heterocycles. The lowest BCUT2D eigenvalue weighted by molar-refractivity contribution is 0.0724. The van der Waals surface area contributed by atoms with Gasteiger partial charge in [-0.05, 0) is 31.4 Å². The van der Waals surface area contributed by atoms with Crippen LogP contribution in [-0.4, -0.2) is 52.8 Å². The van der Waals surface area contributed by atoms with Gasteiger partial charge < -0.3 is 14.4 Å². The number of rotatable bonds is 7. The lowest BCUT2D eigenvalue weighted by Crippen LogP contribution is -2.38. The molecule has 1 aliphatic heterocycles. The highest BCUT2D eigenvalue weighted by Crippen LogP contribution is 2.38. The highest BCUT2D eigenvalue weighted by atomic mass is 32.2. The van der Waals surface area contributed by atoms with Gasteiger partial charge in [0.25, 0.3) is 5.91 Å². The van der Waals surface area contributed by atoms with E-state index in [1.54, 1.807) is 11.0 Å². The molecule has 0 aliphatic carbocycles. The van der Waals surface area contributed by atoms with E-state index in [9.17, 15) is 17.6 Å². The minimum atomic E-state index is -3.86. The zero-order valence-corrected chi connectivity index (χ0v) is 18.7. The van der Waals surface area contributed by atoms with Gasteiger partial charge in [-0.2, -0.15) is 0 Å². The Labute approximate surface area is 182 Å². The molecule has 0 spiro atoms. The van der Waals surface area contributed by atoms with E-state index in [-0.39, 0.29) is 35.0 Å². The summed E-state index contributed by atoms with van der Waals surface area (Å²) in [6.07, 6.45) is 3.85. The fourth-order valence-electron chi connectivity index (χ4n) is 3.68. The number of piperidine rings is 1.